The van der Waals surface area contributed by atoms with E-state index in [9.17, 15) is 4.79 Å². The zero-order valence-corrected chi connectivity index (χ0v) is 11.7. The zero-order valence-electron chi connectivity index (χ0n) is 10.1. The Kier molecular flexibility index (Phi) is 4.41. The number of carbonyl (C=O) groups excluding carboxylic acids is 1. The average Bonchev–Trinajstić information content (AvgIpc) is 2.38. The highest BCUT2D eigenvalue weighted by Gasteiger charge is 2.05. The molecule has 0 bridgehead atoms. The second-order valence-corrected chi connectivity index (χ2v) is 4.92. The minimum atomic E-state index is -0.367. The third-order valence-electron chi connectivity index (χ3n) is 2.43. The van der Waals surface area contributed by atoms with Gasteiger partial charge in [-0.15, -0.1) is 0 Å². The number of nitrogen functional groups attached to an aromatic ring is 1. The van der Waals surface area contributed by atoms with Gasteiger partial charge in [-0.05, 0) is 42.0 Å². The molecule has 0 spiro atoms. The minimum absolute atomic E-state index is 0.175. The van der Waals surface area contributed by atoms with Crippen molar-refractivity contribution in [2.45, 2.75) is 6.42 Å². The van der Waals surface area contributed by atoms with Crippen LogP contribution in [-0.2, 0) is 16.1 Å². The molecule has 0 fully saturated rings. The Labute approximate surface area is 119 Å². The molecule has 0 saturated carbocycles. The summed E-state index contributed by atoms with van der Waals surface area (Å²) in [5.74, 6) is -0.367. The van der Waals surface area contributed by atoms with E-state index >= 15 is 0 Å². The SMILES string of the molecule is Nc1cccc(CC(=O)ONc2ccc(Br)cc2)c1. The number of halogens is 1. The summed E-state index contributed by atoms with van der Waals surface area (Å²) in [6, 6.07) is 14.5. The summed E-state index contributed by atoms with van der Waals surface area (Å²) in [5.41, 5.74) is 10.4. The smallest absolute Gasteiger partial charge is 0.336 e. The fourth-order valence-electron chi connectivity index (χ4n) is 1.54. The average molecular weight is 321 g/mol. The van der Waals surface area contributed by atoms with Gasteiger partial charge < -0.3 is 10.6 Å². The number of hydrogen-bond acceptors (Lipinski definition) is 4. The van der Waals surface area contributed by atoms with E-state index in [0.717, 1.165) is 10.0 Å². The molecular formula is C14H13BrN2O2. The molecule has 0 unspecified atom stereocenters. The van der Waals surface area contributed by atoms with E-state index in [-0.39, 0.29) is 12.4 Å². The van der Waals surface area contributed by atoms with Gasteiger partial charge in [-0.2, -0.15) is 0 Å². The third-order valence-corrected chi connectivity index (χ3v) is 2.96. The molecule has 2 aromatic rings. The Bertz CT molecular complexity index is 570. The molecule has 4 nitrogen and oxygen atoms in total. The first-order chi connectivity index (χ1) is 9.13. The van der Waals surface area contributed by atoms with Crippen LogP contribution in [0.1, 0.15) is 5.56 Å². The van der Waals surface area contributed by atoms with Crippen molar-refractivity contribution in [3.8, 4) is 0 Å². The molecule has 0 aliphatic carbocycles. The molecule has 0 saturated heterocycles. The standard InChI is InChI=1S/C14H13BrN2O2/c15-11-4-6-13(7-5-11)17-19-14(18)9-10-2-1-3-12(16)8-10/h1-8,17H,9,16H2. The number of nitrogens with two attached hydrogens (primary N) is 1. The van der Waals surface area contributed by atoms with Crippen LogP contribution in [0.5, 0.6) is 0 Å². The molecule has 0 amide bonds. The zero-order chi connectivity index (χ0) is 13.7. The normalized spacial score (nSPS) is 9.95. The molecule has 98 valence electrons. The Balaban J connectivity index is 1.86. The fraction of sp³-hybridized carbons (Fsp3) is 0.0714. The summed E-state index contributed by atoms with van der Waals surface area (Å²) in [7, 11) is 0. The van der Waals surface area contributed by atoms with Crippen molar-refractivity contribution in [2.24, 2.45) is 0 Å². The fourth-order valence-corrected chi connectivity index (χ4v) is 1.80. The van der Waals surface area contributed by atoms with Crippen LogP contribution in [-0.4, -0.2) is 5.97 Å². The van der Waals surface area contributed by atoms with Crippen LogP contribution in [0.25, 0.3) is 0 Å². The van der Waals surface area contributed by atoms with Crippen LogP contribution in [0.4, 0.5) is 11.4 Å². The van der Waals surface area contributed by atoms with Crippen molar-refractivity contribution >= 4 is 33.3 Å². The van der Waals surface area contributed by atoms with E-state index in [1.54, 1.807) is 30.3 Å². The van der Waals surface area contributed by atoms with Crippen molar-refractivity contribution in [1.82, 2.24) is 0 Å². The molecule has 0 radical (unpaired) electrons. The van der Waals surface area contributed by atoms with Crippen LogP contribution >= 0.6 is 15.9 Å². The second kappa shape index (κ2) is 6.24. The summed E-state index contributed by atoms with van der Waals surface area (Å²) in [5, 5.41) is 0. The minimum Gasteiger partial charge on any atom is -0.399 e. The molecule has 0 aromatic heterocycles. The van der Waals surface area contributed by atoms with Crippen LogP contribution in [0.3, 0.4) is 0 Å². The maximum atomic E-state index is 11.6. The number of rotatable bonds is 4. The number of benzene rings is 2. The predicted octanol–water partition coefficient (Wildman–Crippen LogP) is 3.14. The van der Waals surface area contributed by atoms with Gasteiger partial charge in [0.15, 0.2) is 0 Å². The van der Waals surface area contributed by atoms with Crippen molar-refractivity contribution in [3.63, 3.8) is 0 Å². The lowest BCUT2D eigenvalue weighted by Crippen LogP contribution is -2.12. The van der Waals surface area contributed by atoms with E-state index < -0.39 is 0 Å². The molecule has 0 aliphatic rings. The van der Waals surface area contributed by atoms with Crippen molar-refractivity contribution < 1.29 is 9.63 Å². The van der Waals surface area contributed by atoms with Gasteiger partial charge >= 0.3 is 5.97 Å². The first-order valence-electron chi connectivity index (χ1n) is 5.69. The van der Waals surface area contributed by atoms with E-state index in [2.05, 4.69) is 21.4 Å². The summed E-state index contributed by atoms with van der Waals surface area (Å²) in [6.45, 7) is 0. The highest BCUT2D eigenvalue weighted by molar-refractivity contribution is 9.10. The largest absolute Gasteiger partial charge is 0.399 e. The first-order valence-corrected chi connectivity index (χ1v) is 6.48. The van der Waals surface area contributed by atoms with Crippen LogP contribution < -0.4 is 11.2 Å². The third kappa shape index (κ3) is 4.30. The van der Waals surface area contributed by atoms with Gasteiger partial charge in [0, 0.05) is 10.2 Å². The molecule has 3 N–H and O–H groups in total. The van der Waals surface area contributed by atoms with Crippen LogP contribution in [0.15, 0.2) is 53.0 Å². The lowest BCUT2D eigenvalue weighted by atomic mass is 10.1. The maximum absolute atomic E-state index is 11.6. The van der Waals surface area contributed by atoms with Gasteiger partial charge in [0.05, 0.1) is 12.1 Å². The van der Waals surface area contributed by atoms with E-state index in [0.29, 0.717) is 11.4 Å². The summed E-state index contributed by atoms with van der Waals surface area (Å²) < 4.78 is 0.962. The summed E-state index contributed by atoms with van der Waals surface area (Å²) in [6.07, 6.45) is 0.175. The summed E-state index contributed by atoms with van der Waals surface area (Å²) >= 11 is 3.33. The highest BCUT2D eigenvalue weighted by Crippen LogP contribution is 2.14. The van der Waals surface area contributed by atoms with E-state index in [1.165, 1.54) is 0 Å². The Hall–Kier alpha value is -2.01. The maximum Gasteiger partial charge on any atom is 0.336 e. The molecule has 0 heterocycles. The van der Waals surface area contributed by atoms with Gasteiger partial charge in [0.1, 0.15) is 0 Å². The lowest BCUT2D eigenvalue weighted by molar-refractivity contribution is -0.139. The summed E-state index contributed by atoms with van der Waals surface area (Å²) in [4.78, 5) is 16.6. The highest BCUT2D eigenvalue weighted by atomic mass is 79.9. The molecule has 0 aliphatic heterocycles. The van der Waals surface area contributed by atoms with Gasteiger partial charge in [0.25, 0.3) is 0 Å². The molecule has 19 heavy (non-hydrogen) atoms. The monoisotopic (exact) mass is 320 g/mol. The molecule has 5 heteroatoms. The van der Waals surface area contributed by atoms with Crippen molar-refractivity contribution in [1.29, 1.82) is 0 Å². The van der Waals surface area contributed by atoms with Crippen molar-refractivity contribution in [3.05, 3.63) is 58.6 Å². The Morgan fingerprint density at radius 1 is 1.21 bits per heavy atom. The van der Waals surface area contributed by atoms with Crippen LogP contribution in [0, 0.1) is 0 Å². The van der Waals surface area contributed by atoms with Crippen molar-refractivity contribution in [2.75, 3.05) is 11.2 Å². The lowest BCUT2D eigenvalue weighted by Gasteiger charge is -2.07. The molecule has 2 aromatic carbocycles. The Morgan fingerprint density at radius 2 is 1.95 bits per heavy atom. The van der Waals surface area contributed by atoms with Gasteiger partial charge in [-0.1, -0.05) is 28.1 Å². The van der Waals surface area contributed by atoms with Gasteiger partial charge in [-0.25, -0.2) is 10.3 Å². The van der Waals surface area contributed by atoms with Gasteiger partial charge in [0.2, 0.25) is 0 Å². The van der Waals surface area contributed by atoms with E-state index in [4.69, 9.17) is 10.6 Å². The van der Waals surface area contributed by atoms with E-state index in [1.807, 2.05) is 18.2 Å². The van der Waals surface area contributed by atoms with Crippen LogP contribution in [0.2, 0.25) is 0 Å². The quantitative estimate of drug-likeness (QED) is 0.671. The molecule has 0 atom stereocenters. The number of nitrogens with one attached hydrogen (secondary N) is 1. The molecule has 2 rings (SSSR count). The second-order valence-electron chi connectivity index (χ2n) is 4.00. The Morgan fingerprint density at radius 3 is 2.63 bits per heavy atom. The number of anilines is 2. The van der Waals surface area contributed by atoms with Gasteiger partial charge in [-0.3, -0.25) is 0 Å². The number of hydrogen-bond donors (Lipinski definition) is 2. The molecular weight excluding hydrogens is 308 g/mol. The topological polar surface area (TPSA) is 64.4 Å². The predicted molar refractivity (Wildman–Crippen MR) is 78.4 cm³/mol. The first kappa shape index (κ1) is 13.4. The number of carbonyl (C=O) groups is 1.